The minimum Gasteiger partial charge on any atom is -0.447 e. The van der Waals surface area contributed by atoms with Crippen molar-refractivity contribution in [3.63, 3.8) is 0 Å². The zero-order valence-corrected chi connectivity index (χ0v) is 9.58. The summed E-state index contributed by atoms with van der Waals surface area (Å²) in [6.07, 6.45) is 1.45. The number of rotatable bonds is 3. The Balaban J connectivity index is 2.38. The van der Waals surface area contributed by atoms with Crippen LogP contribution in [0, 0.1) is 0 Å². The zero-order valence-electron chi connectivity index (χ0n) is 8.76. The molecular formula is C9H15NO4S. The van der Waals surface area contributed by atoms with Gasteiger partial charge in [0.2, 0.25) is 0 Å². The molecule has 0 aromatic carbocycles. The van der Waals surface area contributed by atoms with Gasteiger partial charge in [-0.2, -0.15) is 0 Å². The van der Waals surface area contributed by atoms with Crippen molar-refractivity contribution in [2.45, 2.75) is 32.4 Å². The number of ether oxygens (including phenoxy) is 1. The first-order chi connectivity index (χ1) is 6.93. The lowest BCUT2D eigenvalue weighted by molar-refractivity contribution is 0.104. The van der Waals surface area contributed by atoms with E-state index >= 15 is 0 Å². The minimum absolute atomic E-state index is 0.0807. The van der Waals surface area contributed by atoms with Crippen LogP contribution in [0.15, 0.2) is 11.5 Å². The monoisotopic (exact) mass is 233 g/mol. The van der Waals surface area contributed by atoms with Crippen LogP contribution < -0.4 is 5.32 Å². The van der Waals surface area contributed by atoms with Crippen LogP contribution in [0.25, 0.3) is 0 Å². The van der Waals surface area contributed by atoms with Gasteiger partial charge in [0.1, 0.15) is 6.10 Å². The summed E-state index contributed by atoms with van der Waals surface area (Å²) >= 11 is 0. The van der Waals surface area contributed by atoms with Crippen LogP contribution in [-0.2, 0) is 14.6 Å². The fraction of sp³-hybridized carbons (Fsp3) is 0.667. The fourth-order valence-corrected chi connectivity index (χ4v) is 2.35. The summed E-state index contributed by atoms with van der Waals surface area (Å²) in [6, 6.07) is -0.466. The van der Waals surface area contributed by atoms with E-state index in [-0.39, 0.29) is 11.9 Å². The van der Waals surface area contributed by atoms with Crippen molar-refractivity contribution in [3.8, 4) is 0 Å². The Kier molecular flexibility index (Phi) is 3.73. The molecule has 0 aromatic rings. The molecule has 1 aliphatic heterocycles. The van der Waals surface area contributed by atoms with E-state index in [4.69, 9.17) is 4.74 Å². The van der Waals surface area contributed by atoms with Gasteiger partial charge in [-0.1, -0.05) is 6.92 Å². The van der Waals surface area contributed by atoms with Crippen molar-refractivity contribution in [2.24, 2.45) is 0 Å². The van der Waals surface area contributed by atoms with E-state index in [2.05, 4.69) is 5.32 Å². The van der Waals surface area contributed by atoms with E-state index in [1.807, 2.05) is 6.92 Å². The zero-order chi connectivity index (χ0) is 11.5. The summed E-state index contributed by atoms with van der Waals surface area (Å²) in [5.41, 5.74) is 0. The lowest BCUT2D eigenvalue weighted by atomic mass is 10.3. The van der Waals surface area contributed by atoms with E-state index in [1.54, 1.807) is 6.92 Å². The highest BCUT2D eigenvalue weighted by atomic mass is 32.2. The summed E-state index contributed by atoms with van der Waals surface area (Å²) in [5, 5.41) is 3.58. The molecule has 2 atom stereocenters. The molecule has 1 aliphatic rings. The van der Waals surface area contributed by atoms with Gasteiger partial charge in [0.25, 0.3) is 0 Å². The average Bonchev–Trinajstić information content (AvgIpc) is 2.44. The maximum atomic E-state index is 11.2. The molecule has 15 heavy (non-hydrogen) atoms. The van der Waals surface area contributed by atoms with Crippen LogP contribution in [0.5, 0.6) is 0 Å². The molecule has 1 amide bonds. The van der Waals surface area contributed by atoms with Gasteiger partial charge in [-0.15, -0.1) is 0 Å². The Morgan fingerprint density at radius 1 is 1.67 bits per heavy atom. The van der Waals surface area contributed by atoms with Crippen molar-refractivity contribution in [1.29, 1.82) is 0 Å². The molecular weight excluding hydrogens is 218 g/mol. The normalized spacial score (nSPS) is 24.8. The highest BCUT2D eigenvalue weighted by Crippen LogP contribution is 2.08. The van der Waals surface area contributed by atoms with Crippen molar-refractivity contribution in [2.75, 3.05) is 5.75 Å². The van der Waals surface area contributed by atoms with Crippen LogP contribution >= 0.6 is 0 Å². The van der Waals surface area contributed by atoms with E-state index in [0.29, 0.717) is 0 Å². The van der Waals surface area contributed by atoms with Crippen molar-refractivity contribution in [1.82, 2.24) is 5.32 Å². The van der Waals surface area contributed by atoms with Crippen LogP contribution in [-0.4, -0.2) is 32.4 Å². The average molecular weight is 233 g/mol. The molecule has 0 spiro atoms. The largest absolute Gasteiger partial charge is 0.447 e. The second-order valence-electron chi connectivity index (χ2n) is 3.53. The van der Waals surface area contributed by atoms with Gasteiger partial charge in [-0.3, -0.25) is 0 Å². The molecule has 0 fully saturated rings. The van der Waals surface area contributed by atoms with Crippen LogP contribution in [0.2, 0.25) is 0 Å². The highest BCUT2D eigenvalue weighted by Gasteiger charge is 2.23. The lowest BCUT2D eigenvalue weighted by Gasteiger charge is -2.14. The molecule has 0 aromatic heterocycles. The number of nitrogens with one attached hydrogen (secondary N) is 1. The molecule has 0 aliphatic carbocycles. The topological polar surface area (TPSA) is 72.5 Å². The Morgan fingerprint density at radius 3 is 2.80 bits per heavy atom. The molecule has 86 valence electrons. The maximum absolute atomic E-state index is 11.2. The first kappa shape index (κ1) is 12.0. The number of alkyl carbamates (subject to hydrolysis) is 1. The van der Waals surface area contributed by atoms with Gasteiger partial charge >= 0.3 is 6.09 Å². The van der Waals surface area contributed by atoms with E-state index in [0.717, 1.165) is 11.8 Å². The van der Waals surface area contributed by atoms with Crippen molar-refractivity contribution < 1.29 is 17.9 Å². The van der Waals surface area contributed by atoms with Gasteiger partial charge in [-0.05, 0) is 19.4 Å². The lowest BCUT2D eigenvalue weighted by Crippen LogP contribution is -2.37. The number of carbonyl (C=O) groups excluding carboxylic acids is 1. The minimum atomic E-state index is -3.13. The highest BCUT2D eigenvalue weighted by molar-refractivity contribution is 7.94. The first-order valence-electron chi connectivity index (χ1n) is 4.81. The fourth-order valence-electron chi connectivity index (χ4n) is 1.12. The number of carbonyl (C=O) groups is 1. The number of hydrogen-bond acceptors (Lipinski definition) is 4. The predicted octanol–water partition coefficient (Wildman–Crippen LogP) is 0.822. The molecule has 1 N–H and O–H groups in total. The maximum Gasteiger partial charge on any atom is 0.407 e. The van der Waals surface area contributed by atoms with Gasteiger partial charge in [-0.25, -0.2) is 13.2 Å². The first-order valence-corrected chi connectivity index (χ1v) is 6.52. The Hall–Kier alpha value is -1.04. The molecule has 0 radical (unpaired) electrons. The van der Waals surface area contributed by atoms with Gasteiger partial charge in [0, 0.05) is 5.41 Å². The van der Waals surface area contributed by atoms with Gasteiger partial charge in [0.05, 0.1) is 11.8 Å². The van der Waals surface area contributed by atoms with Crippen LogP contribution in [0.1, 0.15) is 20.3 Å². The number of hydrogen-bond donors (Lipinski definition) is 1. The summed E-state index contributed by atoms with van der Waals surface area (Å²) in [4.78, 5) is 11.2. The SMILES string of the molecule is CC[C@@H](C)OC(=O)N[C@H]1C=CS(=O)(=O)C1. The summed E-state index contributed by atoms with van der Waals surface area (Å²) in [6.45, 7) is 3.68. The summed E-state index contributed by atoms with van der Waals surface area (Å²) < 4.78 is 27.0. The van der Waals surface area contributed by atoms with E-state index in [9.17, 15) is 13.2 Å². The third kappa shape index (κ3) is 3.91. The van der Waals surface area contributed by atoms with Crippen LogP contribution in [0.3, 0.4) is 0 Å². The molecule has 5 nitrogen and oxygen atoms in total. The molecule has 1 rings (SSSR count). The van der Waals surface area contributed by atoms with Crippen molar-refractivity contribution in [3.05, 3.63) is 11.5 Å². The molecule has 0 saturated heterocycles. The number of sulfone groups is 1. The molecule has 1 heterocycles. The number of amides is 1. The predicted molar refractivity (Wildman–Crippen MR) is 56.1 cm³/mol. The third-order valence-electron chi connectivity index (χ3n) is 2.12. The molecule has 6 heteroatoms. The summed E-state index contributed by atoms with van der Waals surface area (Å²) in [7, 11) is -3.13. The standard InChI is InChI=1S/C9H15NO4S/c1-3-7(2)14-9(11)10-8-4-5-15(12,13)6-8/h4-5,7-8H,3,6H2,1-2H3,(H,10,11)/t7-,8+/m1/s1. The quantitative estimate of drug-likeness (QED) is 0.783. The Morgan fingerprint density at radius 2 is 2.33 bits per heavy atom. The molecule has 0 unspecified atom stereocenters. The van der Waals surface area contributed by atoms with Gasteiger partial charge < -0.3 is 10.1 Å². The summed E-state index contributed by atoms with van der Waals surface area (Å²) in [5.74, 6) is -0.0807. The Labute approximate surface area is 89.4 Å². The smallest absolute Gasteiger partial charge is 0.407 e. The second-order valence-corrected chi connectivity index (χ2v) is 5.46. The van der Waals surface area contributed by atoms with Crippen molar-refractivity contribution >= 4 is 15.9 Å². The van der Waals surface area contributed by atoms with Crippen LogP contribution in [0.4, 0.5) is 4.79 Å². The third-order valence-corrected chi connectivity index (χ3v) is 3.51. The molecule has 0 bridgehead atoms. The van der Waals surface area contributed by atoms with E-state index in [1.165, 1.54) is 6.08 Å². The molecule has 0 saturated carbocycles. The van der Waals surface area contributed by atoms with Gasteiger partial charge in [0.15, 0.2) is 9.84 Å². The Bertz CT molecular complexity index is 360. The second kappa shape index (κ2) is 4.65. The van der Waals surface area contributed by atoms with E-state index < -0.39 is 22.0 Å².